The van der Waals surface area contributed by atoms with Crippen LogP contribution in [0.15, 0.2) is 54.9 Å². The van der Waals surface area contributed by atoms with Crippen LogP contribution in [0.25, 0.3) is 22.0 Å². The molecule has 0 saturated heterocycles. The van der Waals surface area contributed by atoms with Crippen molar-refractivity contribution >= 4 is 69.2 Å². The normalized spacial score (nSPS) is 11.6. The first-order valence-corrected chi connectivity index (χ1v) is 11.8. The Bertz CT molecular complexity index is 1320. The molecule has 0 aliphatic carbocycles. The Labute approximate surface area is 221 Å². The molecular formula is C24H19AsCl3N3O3. The van der Waals surface area contributed by atoms with Crippen LogP contribution in [0.4, 0.5) is 0 Å². The molecule has 2 radical (unpaired) electrons. The molecule has 0 saturated carbocycles. The predicted molar refractivity (Wildman–Crippen MR) is 137 cm³/mol. The molecule has 0 amide bonds. The van der Waals surface area contributed by atoms with Crippen LogP contribution in [0.5, 0.6) is 5.75 Å². The molecule has 4 rings (SSSR count). The second-order valence-electron chi connectivity index (χ2n) is 7.42. The molecule has 10 heteroatoms. The molecule has 2 aromatic carbocycles. The Morgan fingerprint density at radius 2 is 1.74 bits per heavy atom. The monoisotopic (exact) mass is 577 g/mol. The number of aliphatic carboxylic acids is 1. The number of methoxy groups -OCH3 is 1. The van der Waals surface area contributed by atoms with Gasteiger partial charge >= 0.3 is 159 Å². The van der Waals surface area contributed by atoms with Crippen LogP contribution < -0.4 is 4.74 Å². The Morgan fingerprint density at radius 1 is 1.06 bits per heavy atom. The van der Waals surface area contributed by atoms with Crippen molar-refractivity contribution in [1.29, 1.82) is 0 Å². The fourth-order valence-electron chi connectivity index (χ4n) is 3.54. The van der Waals surface area contributed by atoms with Crippen molar-refractivity contribution < 1.29 is 14.6 Å². The Morgan fingerprint density at radius 3 is 2.35 bits per heavy atom. The van der Waals surface area contributed by atoms with Gasteiger partial charge in [0.2, 0.25) is 0 Å². The van der Waals surface area contributed by atoms with Gasteiger partial charge in [-0.2, -0.15) is 0 Å². The molecule has 1 unspecified atom stereocenters. The Balaban J connectivity index is 0.00000324. The van der Waals surface area contributed by atoms with Gasteiger partial charge in [-0.3, -0.25) is 4.98 Å². The van der Waals surface area contributed by atoms with Gasteiger partial charge in [0.25, 0.3) is 0 Å². The summed E-state index contributed by atoms with van der Waals surface area (Å²) in [5.41, 5.74) is 3.97. The maximum absolute atomic E-state index is 11.1. The number of carbonyl (C=O) groups is 1. The zero-order valence-electron chi connectivity index (χ0n) is 17.9. The number of ether oxygens (including phenoxy) is 1. The number of hydrogen-bond donors (Lipinski definition) is 1. The molecule has 0 bridgehead atoms. The zero-order chi connectivity index (χ0) is 23.5. The van der Waals surface area contributed by atoms with Crippen molar-refractivity contribution in [2.45, 2.75) is 17.5 Å². The predicted octanol–water partition coefficient (Wildman–Crippen LogP) is 5.60. The van der Waals surface area contributed by atoms with E-state index < -0.39 is 10.7 Å². The number of hydrogen-bond acceptors (Lipinski definition) is 5. The van der Waals surface area contributed by atoms with E-state index in [1.54, 1.807) is 19.5 Å². The second kappa shape index (κ2) is 11.4. The quantitative estimate of drug-likeness (QED) is 0.287. The van der Waals surface area contributed by atoms with Gasteiger partial charge in [-0.25, -0.2) is 0 Å². The molecule has 2 heterocycles. The van der Waals surface area contributed by atoms with Crippen LogP contribution in [-0.2, 0) is 17.6 Å². The molecular weight excluding hydrogens is 560 g/mol. The molecule has 4 aromatic rings. The van der Waals surface area contributed by atoms with Crippen molar-refractivity contribution in [2.24, 2.45) is 0 Å². The summed E-state index contributed by atoms with van der Waals surface area (Å²) < 4.78 is 4.92. The van der Waals surface area contributed by atoms with E-state index in [1.807, 2.05) is 42.5 Å². The molecule has 0 aliphatic rings. The van der Waals surface area contributed by atoms with Crippen LogP contribution in [0.3, 0.4) is 0 Å². The minimum Gasteiger partial charge on any atom is -0.147 e. The number of pyridine rings is 1. The first-order valence-electron chi connectivity index (χ1n) is 9.98. The fourth-order valence-corrected chi connectivity index (χ4v) is 4.48. The molecule has 1 N–H and O–H groups in total. The SMILES string of the molecule is COc1ccc2c(Cc3c(Cl)cncc3Cl)nnc(-c3ccc(CC([As])C(=O)O)cc3)c2c1.Cl. The van der Waals surface area contributed by atoms with Gasteiger partial charge < -0.3 is 0 Å². The maximum Gasteiger partial charge on any atom is -0.147 e. The third-order valence-corrected chi connectivity index (χ3v) is 6.80. The summed E-state index contributed by atoms with van der Waals surface area (Å²) >= 11 is 14.8. The fraction of sp³-hybridized carbons (Fsp3) is 0.167. The van der Waals surface area contributed by atoms with Gasteiger partial charge in [-0.15, -0.1) is 12.4 Å². The summed E-state index contributed by atoms with van der Waals surface area (Å²) in [4.78, 5) is 15.1. The van der Waals surface area contributed by atoms with Crippen LogP contribution in [-0.4, -0.2) is 50.2 Å². The molecule has 34 heavy (non-hydrogen) atoms. The molecule has 0 spiro atoms. The van der Waals surface area contributed by atoms with E-state index in [2.05, 4.69) is 32.0 Å². The van der Waals surface area contributed by atoms with E-state index in [0.717, 1.165) is 33.2 Å². The average molecular weight is 579 g/mol. The largest absolute Gasteiger partial charge is 0.147 e. The number of halogens is 3. The van der Waals surface area contributed by atoms with Gasteiger partial charge in [0.1, 0.15) is 0 Å². The van der Waals surface area contributed by atoms with Gasteiger partial charge in [0.05, 0.1) is 10.0 Å². The van der Waals surface area contributed by atoms with Crippen molar-refractivity contribution in [3.05, 3.63) is 81.7 Å². The molecule has 6 nitrogen and oxygen atoms in total. The van der Waals surface area contributed by atoms with Gasteiger partial charge in [0.15, 0.2) is 0 Å². The van der Waals surface area contributed by atoms with Crippen molar-refractivity contribution in [2.75, 3.05) is 7.11 Å². The number of rotatable bonds is 7. The molecule has 1 atom stereocenters. The first kappa shape index (κ1) is 26.2. The number of fused-ring (bicyclic) bond motifs is 1. The summed E-state index contributed by atoms with van der Waals surface area (Å²) in [6.07, 6.45) is 3.95. The Kier molecular flexibility index (Phi) is 8.77. The zero-order valence-corrected chi connectivity index (χ0v) is 22.1. The molecule has 0 fully saturated rings. The van der Waals surface area contributed by atoms with Crippen LogP contribution >= 0.6 is 35.6 Å². The summed E-state index contributed by atoms with van der Waals surface area (Å²) in [7, 11) is 1.61. The maximum atomic E-state index is 11.1. The van der Waals surface area contributed by atoms with E-state index >= 15 is 0 Å². The summed E-state index contributed by atoms with van der Waals surface area (Å²) in [6.45, 7) is 0. The first-order chi connectivity index (χ1) is 15.9. The number of benzene rings is 2. The van der Waals surface area contributed by atoms with Crippen LogP contribution in [0, 0.1) is 0 Å². The third-order valence-electron chi connectivity index (χ3n) is 5.30. The summed E-state index contributed by atoms with van der Waals surface area (Å²) in [6, 6.07) is 13.4. The third kappa shape index (κ3) is 5.64. The van der Waals surface area contributed by atoms with Crippen molar-refractivity contribution in [1.82, 2.24) is 15.2 Å². The van der Waals surface area contributed by atoms with Crippen molar-refractivity contribution in [3.63, 3.8) is 0 Å². The van der Waals surface area contributed by atoms with Gasteiger partial charge in [0, 0.05) is 12.4 Å². The Hall–Kier alpha value is -2.37. The second-order valence-corrected chi connectivity index (χ2v) is 9.54. The summed E-state index contributed by atoms with van der Waals surface area (Å²) in [5.74, 6) is -0.139. The molecule has 174 valence electrons. The molecule has 2 aromatic heterocycles. The minimum absolute atomic E-state index is 0. The average Bonchev–Trinajstić information content (AvgIpc) is 2.81. The number of nitrogens with zero attached hydrogens (tertiary/aromatic N) is 3. The van der Waals surface area contributed by atoms with E-state index in [0.29, 0.717) is 34.3 Å². The smallest absolute Gasteiger partial charge is 0.147 e. The van der Waals surface area contributed by atoms with E-state index in [4.69, 9.17) is 33.0 Å². The van der Waals surface area contributed by atoms with E-state index in [-0.39, 0.29) is 12.4 Å². The van der Waals surface area contributed by atoms with Crippen LogP contribution in [0.2, 0.25) is 14.8 Å². The van der Waals surface area contributed by atoms with Crippen LogP contribution in [0.1, 0.15) is 16.8 Å². The van der Waals surface area contributed by atoms with Gasteiger partial charge in [-0.05, 0) is 0 Å². The number of carboxylic acids is 1. The van der Waals surface area contributed by atoms with Crippen molar-refractivity contribution in [3.8, 4) is 17.0 Å². The number of aromatic nitrogens is 3. The topological polar surface area (TPSA) is 85.2 Å². The number of carboxylic acid groups (broad SMARTS) is 1. The summed E-state index contributed by atoms with van der Waals surface area (Å²) in [5, 5.41) is 20.9. The molecule has 0 aliphatic heterocycles. The standard InChI is InChI=1S/C24H18AsCl2N3O3.ClH/c1-33-15-6-7-16-17(9-15)23(14-4-2-13(3-5-14)8-19(25)24(31)32)30-29-22(16)10-18-20(26)11-28-12-21(18)27;/h2-7,9,11-12,19H,8,10H2,1H3,(H,31,32);1H. The minimum atomic E-state index is -0.840. The van der Waals surface area contributed by atoms with Gasteiger partial charge in [-0.1, -0.05) is 23.2 Å². The van der Waals surface area contributed by atoms with E-state index in [9.17, 15) is 4.79 Å². The van der Waals surface area contributed by atoms with E-state index in [1.165, 1.54) is 0 Å².